The average molecular weight is 636 g/mol. The van der Waals surface area contributed by atoms with Crippen LogP contribution in [0.3, 0.4) is 0 Å². The topological polar surface area (TPSA) is 61.8 Å². The van der Waals surface area contributed by atoms with Gasteiger partial charge in [0.1, 0.15) is 6.07 Å². The van der Waals surface area contributed by atoms with Crippen molar-refractivity contribution in [3.8, 4) is 45.8 Å². The van der Waals surface area contributed by atoms with Gasteiger partial charge in [0.05, 0.1) is 51.7 Å². The summed E-state index contributed by atoms with van der Waals surface area (Å²) in [5.74, 6) is 0. The maximum atomic E-state index is 10.8. The van der Waals surface area contributed by atoms with Crippen LogP contribution in [0.5, 0.6) is 0 Å². The minimum atomic E-state index is 0.569. The highest BCUT2D eigenvalue weighted by atomic mass is 15.0. The van der Waals surface area contributed by atoms with Crippen LogP contribution in [0.25, 0.3) is 82.1 Å². The number of para-hydroxylation sites is 3. The minimum absolute atomic E-state index is 0.569. The third-order valence-electron chi connectivity index (χ3n) is 9.61. The van der Waals surface area contributed by atoms with Gasteiger partial charge in [-0.15, -0.1) is 0 Å². The first-order valence-corrected chi connectivity index (χ1v) is 16.3. The van der Waals surface area contributed by atoms with E-state index in [4.69, 9.17) is 6.57 Å². The zero-order valence-corrected chi connectivity index (χ0v) is 26.7. The molecular weight excluding hydrogens is 611 g/mol. The lowest BCUT2D eigenvalue weighted by molar-refractivity contribution is 1.17. The Morgan fingerprint density at radius 1 is 0.460 bits per heavy atom. The lowest BCUT2D eigenvalue weighted by Gasteiger charge is -2.16. The maximum absolute atomic E-state index is 10.8. The van der Waals surface area contributed by atoms with E-state index in [1.54, 1.807) is 0 Å². The highest BCUT2D eigenvalue weighted by Gasteiger charge is 2.19. The molecule has 0 aliphatic heterocycles. The fourth-order valence-electron chi connectivity index (χ4n) is 7.44. The lowest BCUT2D eigenvalue weighted by atomic mass is 9.94. The highest BCUT2D eigenvalue weighted by Crippen LogP contribution is 2.40. The van der Waals surface area contributed by atoms with Crippen molar-refractivity contribution >= 4 is 49.3 Å². The number of nitrogens with zero attached hydrogens (tertiary/aromatic N) is 5. The Morgan fingerprint density at radius 2 is 1.06 bits per heavy atom. The Kier molecular flexibility index (Phi) is 6.56. The summed E-state index contributed by atoms with van der Waals surface area (Å²) in [6.07, 6.45) is 0. The van der Waals surface area contributed by atoms with Gasteiger partial charge < -0.3 is 9.13 Å². The van der Waals surface area contributed by atoms with Gasteiger partial charge in [-0.05, 0) is 65.7 Å². The molecule has 0 saturated carbocycles. The van der Waals surface area contributed by atoms with E-state index in [0.29, 0.717) is 16.8 Å². The Hall–Kier alpha value is -7.39. The second kappa shape index (κ2) is 11.4. The molecule has 9 rings (SSSR count). The van der Waals surface area contributed by atoms with Gasteiger partial charge >= 0.3 is 0 Å². The third kappa shape index (κ3) is 4.31. The molecule has 0 saturated heterocycles. The molecule has 0 atom stereocenters. The lowest BCUT2D eigenvalue weighted by Crippen LogP contribution is -2.00. The fourth-order valence-corrected chi connectivity index (χ4v) is 7.44. The number of fused-ring (bicyclic) bond motifs is 6. The van der Waals surface area contributed by atoms with Crippen LogP contribution in [0.2, 0.25) is 0 Å². The molecule has 5 heteroatoms. The van der Waals surface area contributed by atoms with Crippen molar-refractivity contribution in [1.29, 1.82) is 10.5 Å². The molecule has 0 aliphatic carbocycles. The molecule has 0 fully saturated rings. The van der Waals surface area contributed by atoms with Gasteiger partial charge in [-0.1, -0.05) is 97.1 Å². The van der Waals surface area contributed by atoms with Gasteiger partial charge in [-0.25, -0.2) is 4.85 Å². The van der Waals surface area contributed by atoms with Gasteiger partial charge in [0.15, 0.2) is 5.69 Å². The van der Waals surface area contributed by atoms with Crippen LogP contribution in [0.15, 0.2) is 152 Å². The Morgan fingerprint density at radius 3 is 1.82 bits per heavy atom. The summed E-state index contributed by atoms with van der Waals surface area (Å²) in [5, 5.41) is 24.6. The van der Waals surface area contributed by atoms with E-state index in [9.17, 15) is 10.5 Å². The zero-order valence-electron chi connectivity index (χ0n) is 26.7. The number of nitriles is 2. The van der Waals surface area contributed by atoms with Gasteiger partial charge in [0.25, 0.3) is 0 Å². The van der Waals surface area contributed by atoms with Gasteiger partial charge in [0, 0.05) is 38.2 Å². The second-order valence-electron chi connectivity index (χ2n) is 12.3. The third-order valence-corrected chi connectivity index (χ3v) is 9.61. The first kappa shape index (κ1) is 28.8. The van der Waals surface area contributed by atoms with E-state index in [1.807, 2.05) is 97.1 Å². The molecule has 0 amide bonds. The summed E-state index contributed by atoms with van der Waals surface area (Å²) in [6, 6.07) is 55.6. The Bertz CT molecular complexity index is 2970. The Balaban J connectivity index is 1.24. The van der Waals surface area contributed by atoms with Crippen molar-refractivity contribution in [2.75, 3.05) is 0 Å². The summed E-state index contributed by atoms with van der Waals surface area (Å²) in [6.45, 7) is 7.68. The van der Waals surface area contributed by atoms with Gasteiger partial charge in [-0.2, -0.15) is 10.5 Å². The summed E-state index contributed by atoms with van der Waals surface area (Å²) < 4.78 is 4.38. The quantitative estimate of drug-likeness (QED) is 0.181. The first-order valence-electron chi connectivity index (χ1n) is 16.3. The molecule has 0 aliphatic rings. The van der Waals surface area contributed by atoms with Crippen molar-refractivity contribution in [2.24, 2.45) is 0 Å². The maximum Gasteiger partial charge on any atom is 0.189 e. The molecule has 0 spiro atoms. The average Bonchev–Trinajstić information content (AvgIpc) is 3.69. The summed E-state index contributed by atoms with van der Waals surface area (Å²) in [4.78, 5) is 3.73. The minimum Gasteiger partial charge on any atom is -0.310 e. The van der Waals surface area contributed by atoms with E-state index in [-0.39, 0.29) is 0 Å². The van der Waals surface area contributed by atoms with Crippen LogP contribution < -0.4 is 0 Å². The van der Waals surface area contributed by atoms with Crippen molar-refractivity contribution < 1.29 is 0 Å². The largest absolute Gasteiger partial charge is 0.310 e. The highest BCUT2D eigenvalue weighted by molar-refractivity contribution is 6.11. The smallest absolute Gasteiger partial charge is 0.189 e. The molecule has 9 aromatic rings. The van der Waals surface area contributed by atoms with Crippen molar-refractivity contribution in [3.63, 3.8) is 0 Å². The molecule has 50 heavy (non-hydrogen) atoms. The molecule has 0 bridgehead atoms. The second-order valence-corrected chi connectivity index (χ2v) is 12.3. The monoisotopic (exact) mass is 635 g/mol. The predicted molar refractivity (Wildman–Crippen MR) is 202 cm³/mol. The van der Waals surface area contributed by atoms with Crippen LogP contribution >= 0.6 is 0 Å². The molecule has 2 aromatic heterocycles. The molecular formula is C45H25N5. The predicted octanol–water partition coefficient (Wildman–Crippen LogP) is 11.5. The van der Waals surface area contributed by atoms with Crippen LogP contribution in [0.4, 0.5) is 5.69 Å². The van der Waals surface area contributed by atoms with Crippen LogP contribution in [-0.2, 0) is 0 Å². The van der Waals surface area contributed by atoms with Crippen molar-refractivity contribution in [2.45, 2.75) is 0 Å². The van der Waals surface area contributed by atoms with Gasteiger partial charge in [-0.3, -0.25) is 0 Å². The number of rotatable bonds is 4. The van der Waals surface area contributed by atoms with E-state index in [2.05, 4.69) is 80.7 Å². The zero-order chi connectivity index (χ0) is 33.8. The summed E-state index contributed by atoms with van der Waals surface area (Å²) in [7, 11) is 0. The molecule has 0 unspecified atom stereocenters. The molecule has 0 radical (unpaired) electrons. The van der Waals surface area contributed by atoms with Crippen LogP contribution in [-0.4, -0.2) is 9.13 Å². The Labute approximate surface area is 288 Å². The molecule has 230 valence electrons. The summed E-state index contributed by atoms with van der Waals surface area (Å²) in [5.41, 5.74) is 11.3. The normalized spacial score (nSPS) is 11.1. The number of hydrogen-bond donors (Lipinski definition) is 0. The van der Waals surface area contributed by atoms with E-state index in [0.717, 1.165) is 77.2 Å². The van der Waals surface area contributed by atoms with Crippen LogP contribution in [0.1, 0.15) is 11.1 Å². The van der Waals surface area contributed by atoms with E-state index >= 15 is 0 Å². The number of benzene rings is 7. The number of aromatic nitrogens is 2. The fraction of sp³-hybridized carbons (Fsp3) is 0. The van der Waals surface area contributed by atoms with Crippen molar-refractivity contribution in [1.82, 2.24) is 9.13 Å². The standard InChI is InChI=1S/C45H25N5/c1-48-32-21-22-37-35-13-3-6-17-41(35)50(45(37)26-32)40-16-5-2-12-34(40)31-11-8-10-30(25-31)33-15-9-19-43(39(33)28-47)49-42-18-7-4-14-36(42)38-24-29(27-46)20-23-44(38)49/h2-26H. The molecule has 7 aromatic carbocycles. The molecule has 5 nitrogen and oxygen atoms in total. The molecule has 0 N–H and O–H groups in total. The van der Waals surface area contributed by atoms with Gasteiger partial charge in [0.2, 0.25) is 0 Å². The van der Waals surface area contributed by atoms with E-state index < -0.39 is 0 Å². The first-order chi connectivity index (χ1) is 24.7. The van der Waals surface area contributed by atoms with E-state index in [1.165, 1.54) is 0 Å². The summed E-state index contributed by atoms with van der Waals surface area (Å²) >= 11 is 0. The van der Waals surface area contributed by atoms with Crippen molar-refractivity contribution in [3.05, 3.63) is 174 Å². The number of hydrogen-bond acceptors (Lipinski definition) is 2. The van der Waals surface area contributed by atoms with Crippen LogP contribution in [0, 0.1) is 29.2 Å². The molecule has 2 heterocycles. The SMILES string of the molecule is [C-]#[N+]c1ccc2c3ccccc3n(-c3ccccc3-c3cccc(-c4cccc(-n5c6ccccc6c6cc(C#N)ccc65)c4C#N)c3)c2c1.